The molecule has 114 valence electrons. The Kier molecular flexibility index (Phi) is 3.69. The van der Waals surface area contributed by atoms with Crippen molar-refractivity contribution in [2.24, 2.45) is 0 Å². The second kappa shape index (κ2) is 5.50. The van der Waals surface area contributed by atoms with Gasteiger partial charge in [0.2, 0.25) is 0 Å². The Morgan fingerprint density at radius 2 is 2.00 bits per heavy atom. The Morgan fingerprint density at radius 3 is 2.52 bits per heavy atom. The lowest BCUT2D eigenvalue weighted by Gasteiger charge is -2.42. The lowest BCUT2D eigenvalue weighted by atomic mass is 9.95. The third kappa shape index (κ3) is 2.43. The first kappa shape index (κ1) is 14.1. The van der Waals surface area contributed by atoms with E-state index >= 15 is 0 Å². The zero-order chi connectivity index (χ0) is 14.9. The number of furan rings is 1. The molecule has 1 aromatic rings. The van der Waals surface area contributed by atoms with Gasteiger partial charge < -0.3 is 19.2 Å². The zero-order valence-electron chi connectivity index (χ0n) is 11.7. The predicted octanol–water partition coefficient (Wildman–Crippen LogP) is 0.281. The average molecular weight is 294 g/mol. The quantitative estimate of drug-likeness (QED) is 0.862. The number of carboxylic acid groups (broad SMARTS) is 1. The van der Waals surface area contributed by atoms with Crippen molar-refractivity contribution in [3.8, 4) is 0 Å². The van der Waals surface area contributed by atoms with E-state index in [0.29, 0.717) is 44.8 Å². The van der Waals surface area contributed by atoms with Gasteiger partial charge in [-0.25, -0.2) is 0 Å². The van der Waals surface area contributed by atoms with Crippen LogP contribution < -0.4 is 0 Å². The molecule has 1 unspecified atom stereocenters. The standard InChI is InChI=1S/C14H18N2O5/c17-12(11-1-7-20-9-11)15-3-5-16(6-4-15)14(13(18)19)2-8-21-10-14/h1,7,9H,2-6,8,10H2,(H,18,19). The van der Waals surface area contributed by atoms with Gasteiger partial charge >= 0.3 is 5.97 Å². The average Bonchev–Trinajstić information content (AvgIpc) is 3.18. The predicted molar refractivity (Wildman–Crippen MR) is 72.0 cm³/mol. The molecule has 21 heavy (non-hydrogen) atoms. The van der Waals surface area contributed by atoms with Crippen LogP contribution in [-0.2, 0) is 9.53 Å². The molecule has 1 atom stereocenters. The Balaban J connectivity index is 1.65. The molecule has 7 heteroatoms. The molecule has 0 spiro atoms. The second-order valence-corrected chi connectivity index (χ2v) is 5.43. The minimum absolute atomic E-state index is 0.0737. The summed E-state index contributed by atoms with van der Waals surface area (Å²) in [7, 11) is 0. The van der Waals surface area contributed by atoms with Gasteiger partial charge in [0.05, 0.1) is 18.4 Å². The van der Waals surface area contributed by atoms with E-state index in [1.807, 2.05) is 4.90 Å². The smallest absolute Gasteiger partial charge is 0.326 e. The summed E-state index contributed by atoms with van der Waals surface area (Å²) in [5, 5.41) is 9.53. The highest BCUT2D eigenvalue weighted by Gasteiger charge is 2.48. The van der Waals surface area contributed by atoms with Gasteiger partial charge in [-0.3, -0.25) is 14.5 Å². The minimum atomic E-state index is -0.926. The molecule has 7 nitrogen and oxygen atoms in total. The summed E-state index contributed by atoms with van der Waals surface area (Å²) in [6.07, 6.45) is 3.40. The molecule has 1 amide bonds. The van der Waals surface area contributed by atoms with E-state index in [9.17, 15) is 14.7 Å². The minimum Gasteiger partial charge on any atom is -0.480 e. The topological polar surface area (TPSA) is 83.2 Å². The van der Waals surface area contributed by atoms with Gasteiger partial charge in [0.15, 0.2) is 0 Å². The largest absolute Gasteiger partial charge is 0.480 e. The van der Waals surface area contributed by atoms with Crippen LogP contribution in [0.15, 0.2) is 23.0 Å². The number of carboxylic acids is 1. The molecular weight excluding hydrogens is 276 g/mol. The molecule has 0 radical (unpaired) electrons. The Morgan fingerprint density at radius 1 is 1.24 bits per heavy atom. The van der Waals surface area contributed by atoms with Crippen LogP contribution >= 0.6 is 0 Å². The summed E-state index contributed by atoms with van der Waals surface area (Å²) in [6.45, 7) is 2.80. The molecule has 2 saturated heterocycles. The Bertz CT molecular complexity index is 513. The zero-order valence-corrected chi connectivity index (χ0v) is 11.7. The number of rotatable bonds is 3. The summed E-state index contributed by atoms with van der Waals surface area (Å²) in [4.78, 5) is 27.5. The van der Waals surface area contributed by atoms with Crippen molar-refractivity contribution < 1.29 is 23.8 Å². The normalized spacial score (nSPS) is 27.0. The van der Waals surface area contributed by atoms with Gasteiger partial charge in [-0.1, -0.05) is 0 Å². The maximum Gasteiger partial charge on any atom is 0.326 e. The fraction of sp³-hybridized carbons (Fsp3) is 0.571. The maximum absolute atomic E-state index is 12.2. The van der Waals surface area contributed by atoms with Gasteiger partial charge in [-0.05, 0) is 6.07 Å². The number of hydrogen-bond donors (Lipinski definition) is 1. The number of aliphatic carboxylic acids is 1. The van der Waals surface area contributed by atoms with Crippen LogP contribution in [0.2, 0.25) is 0 Å². The van der Waals surface area contributed by atoms with E-state index in [-0.39, 0.29) is 12.5 Å². The SMILES string of the molecule is O=C(c1ccoc1)N1CCN(C2(C(=O)O)CCOC2)CC1. The monoisotopic (exact) mass is 294 g/mol. The number of carbonyl (C=O) groups excluding carboxylic acids is 1. The lowest BCUT2D eigenvalue weighted by Crippen LogP contribution is -2.61. The van der Waals surface area contributed by atoms with Crippen LogP contribution in [0.3, 0.4) is 0 Å². The van der Waals surface area contributed by atoms with Gasteiger partial charge in [-0.15, -0.1) is 0 Å². The van der Waals surface area contributed by atoms with Crippen molar-refractivity contribution in [2.75, 3.05) is 39.4 Å². The van der Waals surface area contributed by atoms with Gasteiger partial charge in [-0.2, -0.15) is 0 Å². The molecule has 0 aliphatic carbocycles. The van der Waals surface area contributed by atoms with Crippen LogP contribution in [-0.4, -0.2) is 71.7 Å². The molecule has 0 bridgehead atoms. The summed E-state index contributed by atoms with van der Waals surface area (Å²) in [5.74, 6) is -0.912. The van der Waals surface area contributed by atoms with E-state index < -0.39 is 11.5 Å². The van der Waals surface area contributed by atoms with Gasteiger partial charge in [0.25, 0.3) is 5.91 Å². The highest BCUT2D eigenvalue weighted by molar-refractivity contribution is 5.93. The van der Waals surface area contributed by atoms with Crippen LogP contribution in [0, 0.1) is 0 Å². The summed E-state index contributed by atoms with van der Waals surface area (Å²) in [6, 6.07) is 1.64. The highest BCUT2D eigenvalue weighted by Crippen LogP contribution is 2.28. The van der Waals surface area contributed by atoms with Crippen molar-refractivity contribution in [1.82, 2.24) is 9.80 Å². The molecule has 1 aromatic heterocycles. The maximum atomic E-state index is 12.2. The fourth-order valence-electron chi connectivity index (χ4n) is 3.01. The Hall–Kier alpha value is -1.86. The summed E-state index contributed by atoms with van der Waals surface area (Å²) in [5.41, 5.74) is -0.397. The van der Waals surface area contributed by atoms with E-state index in [2.05, 4.69) is 0 Å². The number of amides is 1. The molecule has 0 aromatic carbocycles. The van der Waals surface area contributed by atoms with Gasteiger partial charge in [0.1, 0.15) is 11.8 Å². The van der Waals surface area contributed by atoms with Gasteiger partial charge in [0, 0.05) is 39.2 Å². The van der Waals surface area contributed by atoms with Crippen LogP contribution in [0.1, 0.15) is 16.8 Å². The molecular formula is C14H18N2O5. The second-order valence-electron chi connectivity index (χ2n) is 5.43. The first-order chi connectivity index (χ1) is 10.1. The lowest BCUT2D eigenvalue weighted by molar-refractivity contribution is -0.152. The van der Waals surface area contributed by atoms with Crippen molar-refractivity contribution in [3.63, 3.8) is 0 Å². The third-order valence-electron chi connectivity index (χ3n) is 4.34. The molecule has 0 saturated carbocycles. The van der Waals surface area contributed by atoms with Crippen LogP contribution in [0.4, 0.5) is 0 Å². The fourth-order valence-corrected chi connectivity index (χ4v) is 3.01. The van der Waals surface area contributed by atoms with Crippen LogP contribution in [0.25, 0.3) is 0 Å². The molecule has 1 N–H and O–H groups in total. The number of ether oxygens (including phenoxy) is 1. The van der Waals surface area contributed by atoms with E-state index in [1.165, 1.54) is 12.5 Å². The number of piperazine rings is 1. The Labute approximate surface area is 122 Å². The molecule has 3 heterocycles. The molecule has 2 aliphatic rings. The van der Waals surface area contributed by atoms with E-state index in [4.69, 9.17) is 9.15 Å². The van der Waals surface area contributed by atoms with Crippen LogP contribution in [0.5, 0.6) is 0 Å². The summed E-state index contributed by atoms with van der Waals surface area (Å²) < 4.78 is 10.2. The molecule has 3 rings (SSSR count). The molecule has 2 aliphatic heterocycles. The highest BCUT2D eigenvalue weighted by atomic mass is 16.5. The first-order valence-corrected chi connectivity index (χ1v) is 7.01. The number of hydrogen-bond acceptors (Lipinski definition) is 5. The van der Waals surface area contributed by atoms with E-state index in [1.54, 1.807) is 11.0 Å². The van der Waals surface area contributed by atoms with Crippen molar-refractivity contribution >= 4 is 11.9 Å². The van der Waals surface area contributed by atoms with E-state index in [0.717, 1.165) is 0 Å². The number of carbonyl (C=O) groups is 2. The van der Waals surface area contributed by atoms with Crippen molar-refractivity contribution in [3.05, 3.63) is 24.2 Å². The number of nitrogens with zero attached hydrogens (tertiary/aromatic N) is 2. The first-order valence-electron chi connectivity index (χ1n) is 7.01. The van der Waals surface area contributed by atoms with Crippen molar-refractivity contribution in [2.45, 2.75) is 12.0 Å². The third-order valence-corrected chi connectivity index (χ3v) is 4.34. The van der Waals surface area contributed by atoms with Crippen molar-refractivity contribution in [1.29, 1.82) is 0 Å². The summed E-state index contributed by atoms with van der Waals surface area (Å²) >= 11 is 0. The molecule has 2 fully saturated rings.